The second-order valence-corrected chi connectivity index (χ2v) is 5.59. The Balaban J connectivity index is 2.25. The van der Waals surface area contributed by atoms with Gasteiger partial charge in [-0.25, -0.2) is 0 Å². The zero-order chi connectivity index (χ0) is 15.4. The molecule has 21 heavy (non-hydrogen) atoms. The third-order valence-electron chi connectivity index (χ3n) is 3.58. The molecule has 2 aromatic rings. The average Bonchev–Trinajstić information content (AvgIpc) is 2.42. The van der Waals surface area contributed by atoms with Gasteiger partial charge >= 0.3 is 0 Å². The first kappa shape index (κ1) is 15.3. The molecule has 0 saturated carbocycles. The minimum atomic E-state index is -0.0264. The number of pyridine rings is 1. The van der Waals surface area contributed by atoms with Crippen LogP contribution in [0.4, 0.5) is 0 Å². The molecule has 0 aliphatic heterocycles. The number of aromatic nitrogens is 1. The van der Waals surface area contributed by atoms with Gasteiger partial charge in [-0.15, -0.1) is 0 Å². The SMILES string of the molecule is CCC[C@@H](C)NC(=O)Cn1ccc(=O)c2cc(C)ccc21. The van der Waals surface area contributed by atoms with Gasteiger partial charge in [0.1, 0.15) is 6.54 Å². The maximum atomic E-state index is 12.1. The van der Waals surface area contributed by atoms with Crippen LogP contribution in [0.5, 0.6) is 0 Å². The fourth-order valence-electron chi connectivity index (χ4n) is 2.54. The molecule has 0 aliphatic rings. The van der Waals surface area contributed by atoms with Gasteiger partial charge in [0.2, 0.25) is 5.91 Å². The van der Waals surface area contributed by atoms with E-state index in [1.807, 2.05) is 36.6 Å². The van der Waals surface area contributed by atoms with Gasteiger partial charge < -0.3 is 9.88 Å². The lowest BCUT2D eigenvalue weighted by Gasteiger charge is -2.15. The highest BCUT2D eigenvalue weighted by atomic mass is 16.2. The van der Waals surface area contributed by atoms with Crippen molar-refractivity contribution in [2.24, 2.45) is 0 Å². The fraction of sp³-hybridized carbons (Fsp3) is 0.412. The summed E-state index contributed by atoms with van der Waals surface area (Å²) in [6.07, 6.45) is 3.70. The van der Waals surface area contributed by atoms with Crippen molar-refractivity contribution < 1.29 is 4.79 Å². The largest absolute Gasteiger partial charge is 0.352 e. The van der Waals surface area contributed by atoms with E-state index in [2.05, 4.69) is 12.2 Å². The summed E-state index contributed by atoms with van der Waals surface area (Å²) in [6.45, 7) is 6.29. The molecule has 1 atom stereocenters. The molecule has 4 nitrogen and oxygen atoms in total. The van der Waals surface area contributed by atoms with E-state index in [9.17, 15) is 9.59 Å². The third-order valence-corrected chi connectivity index (χ3v) is 3.58. The lowest BCUT2D eigenvalue weighted by Crippen LogP contribution is -2.35. The summed E-state index contributed by atoms with van der Waals surface area (Å²) in [6, 6.07) is 7.41. The first-order valence-electron chi connectivity index (χ1n) is 7.40. The molecule has 0 fully saturated rings. The van der Waals surface area contributed by atoms with Crippen LogP contribution in [-0.2, 0) is 11.3 Å². The Hall–Kier alpha value is -2.10. The van der Waals surface area contributed by atoms with Gasteiger partial charge in [0.25, 0.3) is 0 Å². The minimum Gasteiger partial charge on any atom is -0.352 e. The summed E-state index contributed by atoms with van der Waals surface area (Å²) in [4.78, 5) is 24.0. The number of aryl methyl sites for hydroxylation is 1. The molecule has 0 unspecified atom stereocenters. The van der Waals surface area contributed by atoms with Crippen molar-refractivity contribution >= 4 is 16.8 Å². The maximum absolute atomic E-state index is 12.1. The number of hydrogen-bond donors (Lipinski definition) is 1. The van der Waals surface area contributed by atoms with Gasteiger partial charge in [-0.3, -0.25) is 9.59 Å². The number of rotatable bonds is 5. The van der Waals surface area contributed by atoms with E-state index in [-0.39, 0.29) is 23.9 Å². The molecule has 0 radical (unpaired) electrons. The number of hydrogen-bond acceptors (Lipinski definition) is 2. The molecule has 0 saturated heterocycles. The molecule has 1 heterocycles. The lowest BCUT2D eigenvalue weighted by atomic mass is 10.1. The van der Waals surface area contributed by atoms with Crippen LogP contribution in [-0.4, -0.2) is 16.5 Å². The molecular weight excluding hydrogens is 264 g/mol. The molecule has 2 rings (SSSR count). The van der Waals surface area contributed by atoms with Crippen molar-refractivity contribution in [2.75, 3.05) is 0 Å². The topological polar surface area (TPSA) is 51.1 Å². The van der Waals surface area contributed by atoms with Crippen molar-refractivity contribution in [3.05, 3.63) is 46.2 Å². The summed E-state index contributed by atoms with van der Waals surface area (Å²) in [7, 11) is 0. The lowest BCUT2D eigenvalue weighted by molar-refractivity contribution is -0.122. The summed E-state index contributed by atoms with van der Waals surface area (Å²) < 4.78 is 1.82. The number of benzene rings is 1. The van der Waals surface area contributed by atoms with Gasteiger partial charge in [-0.05, 0) is 32.4 Å². The molecular formula is C17H22N2O2. The Morgan fingerprint density at radius 3 is 2.81 bits per heavy atom. The average molecular weight is 286 g/mol. The van der Waals surface area contributed by atoms with Gasteiger partial charge in [0.15, 0.2) is 5.43 Å². The summed E-state index contributed by atoms with van der Waals surface area (Å²) in [5, 5.41) is 3.64. The second-order valence-electron chi connectivity index (χ2n) is 5.59. The number of amides is 1. The summed E-state index contributed by atoms with van der Waals surface area (Å²) in [5.41, 5.74) is 1.83. The molecule has 1 N–H and O–H groups in total. The van der Waals surface area contributed by atoms with E-state index in [1.165, 1.54) is 6.07 Å². The van der Waals surface area contributed by atoms with Gasteiger partial charge in [-0.2, -0.15) is 0 Å². The van der Waals surface area contributed by atoms with Crippen LogP contribution < -0.4 is 10.7 Å². The van der Waals surface area contributed by atoms with Crippen molar-refractivity contribution in [3.63, 3.8) is 0 Å². The minimum absolute atomic E-state index is 0.00953. The normalized spacial score (nSPS) is 12.3. The Kier molecular flexibility index (Phi) is 4.78. The fourth-order valence-corrected chi connectivity index (χ4v) is 2.54. The predicted molar refractivity (Wildman–Crippen MR) is 85.5 cm³/mol. The van der Waals surface area contributed by atoms with E-state index in [4.69, 9.17) is 0 Å². The van der Waals surface area contributed by atoms with Crippen LogP contribution in [0.15, 0.2) is 35.3 Å². The summed E-state index contributed by atoms with van der Waals surface area (Å²) >= 11 is 0. The monoisotopic (exact) mass is 286 g/mol. The molecule has 1 amide bonds. The standard InChI is InChI=1S/C17H22N2O2/c1-4-5-13(3)18-17(21)11-19-9-8-16(20)14-10-12(2)6-7-15(14)19/h6-10,13H,4-5,11H2,1-3H3,(H,18,21)/t13-/m1/s1. The molecule has 4 heteroatoms. The van der Waals surface area contributed by atoms with Crippen LogP contribution in [0.25, 0.3) is 10.9 Å². The van der Waals surface area contributed by atoms with E-state index in [0.717, 1.165) is 23.9 Å². The predicted octanol–water partition coefficient (Wildman–Crippen LogP) is 2.61. The Bertz CT molecular complexity index is 703. The second kappa shape index (κ2) is 6.57. The highest BCUT2D eigenvalue weighted by Crippen LogP contribution is 2.12. The molecule has 1 aromatic carbocycles. The van der Waals surface area contributed by atoms with Crippen molar-refractivity contribution in [3.8, 4) is 0 Å². The van der Waals surface area contributed by atoms with E-state index in [0.29, 0.717) is 5.39 Å². The maximum Gasteiger partial charge on any atom is 0.240 e. The first-order chi connectivity index (χ1) is 10.0. The van der Waals surface area contributed by atoms with Crippen LogP contribution in [0.3, 0.4) is 0 Å². The Morgan fingerprint density at radius 1 is 1.33 bits per heavy atom. The van der Waals surface area contributed by atoms with E-state index < -0.39 is 0 Å². The zero-order valence-electron chi connectivity index (χ0n) is 12.8. The van der Waals surface area contributed by atoms with Crippen LogP contribution in [0.2, 0.25) is 0 Å². The first-order valence-corrected chi connectivity index (χ1v) is 7.40. The molecule has 0 bridgehead atoms. The number of nitrogens with one attached hydrogen (secondary N) is 1. The molecule has 1 aromatic heterocycles. The van der Waals surface area contributed by atoms with Gasteiger partial charge in [0, 0.05) is 23.7 Å². The molecule has 0 aliphatic carbocycles. The van der Waals surface area contributed by atoms with Crippen LogP contribution in [0.1, 0.15) is 32.3 Å². The quantitative estimate of drug-likeness (QED) is 0.918. The van der Waals surface area contributed by atoms with Crippen molar-refractivity contribution in [1.82, 2.24) is 9.88 Å². The van der Waals surface area contributed by atoms with E-state index >= 15 is 0 Å². The number of fused-ring (bicyclic) bond motifs is 1. The Labute approximate surface area is 124 Å². The summed E-state index contributed by atoms with van der Waals surface area (Å²) in [5.74, 6) is -0.0264. The van der Waals surface area contributed by atoms with Crippen LogP contribution >= 0.6 is 0 Å². The van der Waals surface area contributed by atoms with Crippen molar-refractivity contribution in [2.45, 2.75) is 46.2 Å². The van der Waals surface area contributed by atoms with Gasteiger partial charge in [0.05, 0.1) is 5.52 Å². The van der Waals surface area contributed by atoms with Gasteiger partial charge in [-0.1, -0.05) is 25.0 Å². The number of carbonyl (C=O) groups excluding carboxylic acids is 1. The van der Waals surface area contributed by atoms with Crippen molar-refractivity contribution in [1.29, 1.82) is 0 Å². The smallest absolute Gasteiger partial charge is 0.240 e. The third kappa shape index (κ3) is 3.72. The number of nitrogens with zero attached hydrogens (tertiary/aromatic N) is 1. The zero-order valence-corrected chi connectivity index (χ0v) is 12.8. The highest BCUT2D eigenvalue weighted by molar-refractivity contribution is 5.82. The number of carbonyl (C=O) groups is 1. The molecule has 0 spiro atoms. The van der Waals surface area contributed by atoms with Crippen LogP contribution in [0, 0.1) is 6.92 Å². The van der Waals surface area contributed by atoms with E-state index in [1.54, 1.807) is 6.20 Å². The molecule has 112 valence electrons. The Morgan fingerprint density at radius 2 is 2.10 bits per heavy atom. The highest BCUT2D eigenvalue weighted by Gasteiger charge is 2.09.